The molecule has 0 radical (unpaired) electrons. The molecule has 19 heavy (non-hydrogen) atoms. The normalized spacial score (nSPS) is 18.1. The fourth-order valence-corrected chi connectivity index (χ4v) is 2.63. The smallest absolute Gasteiger partial charge is 0.244 e. The Morgan fingerprint density at radius 3 is 2.26 bits per heavy atom. The molecule has 1 amide bonds. The van der Waals surface area contributed by atoms with Crippen molar-refractivity contribution in [2.45, 2.75) is 38.5 Å². The molecule has 0 atom stereocenters. The van der Waals surface area contributed by atoms with E-state index in [4.69, 9.17) is 11.6 Å². The van der Waals surface area contributed by atoms with Crippen LogP contribution in [0, 0.1) is 16.7 Å². The molecule has 100 valence electrons. The predicted molar refractivity (Wildman–Crippen MR) is 75.8 cm³/mol. The van der Waals surface area contributed by atoms with Gasteiger partial charge in [0.1, 0.15) is 5.41 Å². The molecule has 1 aliphatic carbocycles. The number of carbonyl (C=O) groups excluding carboxylic acids is 1. The Labute approximate surface area is 118 Å². The van der Waals surface area contributed by atoms with Gasteiger partial charge >= 0.3 is 0 Å². The van der Waals surface area contributed by atoms with Crippen molar-refractivity contribution in [2.75, 3.05) is 5.32 Å². The Hall–Kier alpha value is -1.53. The van der Waals surface area contributed by atoms with Crippen LogP contribution in [0.2, 0.25) is 5.02 Å². The molecule has 3 nitrogen and oxygen atoms in total. The summed E-state index contributed by atoms with van der Waals surface area (Å²) in [5, 5.41) is 12.9. The standard InChI is InChI=1S/C15H17ClN2O/c16-12-5-7-13(8-6-12)18-14(19)15(11-17)9-3-1-2-4-10-15/h5-8H,1-4,9-10H2,(H,18,19). The Morgan fingerprint density at radius 2 is 1.74 bits per heavy atom. The second-order valence-corrected chi connectivity index (χ2v) is 5.51. The zero-order chi connectivity index (χ0) is 13.7. The highest BCUT2D eigenvalue weighted by Crippen LogP contribution is 2.35. The molecule has 1 saturated carbocycles. The van der Waals surface area contributed by atoms with Gasteiger partial charge in [0, 0.05) is 10.7 Å². The van der Waals surface area contributed by atoms with E-state index >= 15 is 0 Å². The SMILES string of the molecule is N#CC1(C(=O)Nc2ccc(Cl)cc2)CCCCCC1. The van der Waals surface area contributed by atoms with Gasteiger partial charge in [0.2, 0.25) is 5.91 Å². The van der Waals surface area contributed by atoms with Gasteiger partial charge in [-0.2, -0.15) is 5.26 Å². The van der Waals surface area contributed by atoms with Crippen LogP contribution in [0.4, 0.5) is 5.69 Å². The molecule has 4 heteroatoms. The largest absolute Gasteiger partial charge is 0.325 e. The van der Waals surface area contributed by atoms with Crippen molar-refractivity contribution in [1.82, 2.24) is 0 Å². The number of carbonyl (C=O) groups is 1. The van der Waals surface area contributed by atoms with Gasteiger partial charge in [-0.3, -0.25) is 4.79 Å². The molecule has 0 saturated heterocycles. The number of nitrogens with one attached hydrogen (secondary N) is 1. The van der Waals surface area contributed by atoms with E-state index < -0.39 is 5.41 Å². The molecule has 1 aromatic rings. The predicted octanol–water partition coefficient (Wildman–Crippen LogP) is 4.14. The van der Waals surface area contributed by atoms with E-state index in [1.54, 1.807) is 24.3 Å². The molecule has 1 aromatic carbocycles. The number of hydrogen-bond donors (Lipinski definition) is 1. The molecule has 0 unspecified atom stereocenters. The van der Waals surface area contributed by atoms with E-state index in [0.717, 1.165) is 25.7 Å². The third-order valence-electron chi connectivity index (χ3n) is 3.71. The van der Waals surface area contributed by atoms with Crippen molar-refractivity contribution in [3.63, 3.8) is 0 Å². The van der Waals surface area contributed by atoms with Gasteiger partial charge in [-0.1, -0.05) is 37.3 Å². The average molecular weight is 277 g/mol. The lowest BCUT2D eigenvalue weighted by Gasteiger charge is -2.23. The Kier molecular flexibility index (Phi) is 4.44. The molecule has 1 N–H and O–H groups in total. The van der Waals surface area contributed by atoms with Crippen molar-refractivity contribution in [2.24, 2.45) is 5.41 Å². The third kappa shape index (κ3) is 3.27. The molecule has 1 fully saturated rings. The van der Waals surface area contributed by atoms with Crippen molar-refractivity contribution in [3.8, 4) is 6.07 Å². The number of nitrogens with zero attached hydrogens (tertiary/aromatic N) is 1. The average Bonchev–Trinajstić information content (AvgIpc) is 2.67. The Bertz CT molecular complexity index is 482. The van der Waals surface area contributed by atoms with Crippen LogP contribution in [-0.2, 0) is 4.79 Å². The fraction of sp³-hybridized carbons (Fsp3) is 0.467. The van der Waals surface area contributed by atoms with Crippen molar-refractivity contribution in [1.29, 1.82) is 5.26 Å². The van der Waals surface area contributed by atoms with Crippen molar-refractivity contribution >= 4 is 23.2 Å². The minimum Gasteiger partial charge on any atom is -0.325 e. The van der Waals surface area contributed by atoms with Gasteiger partial charge in [-0.05, 0) is 37.1 Å². The molecule has 0 aromatic heterocycles. The highest BCUT2D eigenvalue weighted by molar-refractivity contribution is 6.30. The van der Waals surface area contributed by atoms with Crippen LogP contribution in [0.25, 0.3) is 0 Å². The van der Waals surface area contributed by atoms with E-state index in [1.165, 1.54) is 0 Å². The maximum absolute atomic E-state index is 12.4. The number of halogens is 1. The fourth-order valence-electron chi connectivity index (χ4n) is 2.51. The maximum atomic E-state index is 12.4. The molecule has 2 rings (SSSR count). The zero-order valence-corrected chi connectivity index (χ0v) is 11.5. The minimum atomic E-state index is -0.865. The first-order valence-corrected chi connectivity index (χ1v) is 7.02. The molecule has 0 bridgehead atoms. The summed E-state index contributed by atoms with van der Waals surface area (Å²) in [7, 11) is 0. The van der Waals surface area contributed by atoms with E-state index in [-0.39, 0.29) is 5.91 Å². The molecule has 1 aliphatic rings. The molecule has 0 spiro atoms. The summed E-state index contributed by atoms with van der Waals surface area (Å²) in [5.74, 6) is -0.181. The second kappa shape index (κ2) is 6.08. The number of nitriles is 1. The number of amides is 1. The lowest BCUT2D eigenvalue weighted by molar-refractivity contribution is -0.123. The van der Waals surface area contributed by atoms with Gasteiger partial charge in [-0.15, -0.1) is 0 Å². The summed E-state index contributed by atoms with van der Waals surface area (Å²) in [6.07, 6.45) is 5.42. The van der Waals surface area contributed by atoms with Gasteiger partial charge in [0.05, 0.1) is 6.07 Å². The van der Waals surface area contributed by atoms with E-state index in [1.807, 2.05) is 0 Å². The summed E-state index contributed by atoms with van der Waals surface area (Å²) in [4.78, 5) is 12.4. The van der Waals surface area contributed by atoms with Crippen molar-refractivity contribution < 1.29 is 4.79 Å². The third-order valence-corrected chi connectivity index (χ3v) is 3.96. The lowest BCUT2D eigenvalue weighted by atomic mass is 9.81. The van der Waals surface area contributed by atoms with Crippen LogP contribution >= 0.6 is 11.6 Å². The molecule has 0 aliphatic heterocycles. The quantitative estimate of drug-likeness (QED) is 0.825. The number of anilines is 1. The summed E-state index contributed by atoms with van der Waals surface area (Å²) in [6.45, 7) is 0. The van der Waals surface area contributed by atoms with E-state index in [2.05, 4.69) is 11.4 Å². The molecular formula is C15H17ClN2O. The van der Waals surface area contributed by atoms with Gasteiger partial charge in [-0.25, -0.2) is 0 Å². The van der Waals surface area contributed by atoms with Crippen LogP contribution in [0.5, 0.6) is 0 Å². The van der Waals surface area contributed by atoms with Crippen LogP contribution in [0.1, 0.15) is 38.5 Å². The first-order valence-electron chi connectivity index (χ1n) is 6.65. The lowest BCUT2D eigenvalue weighted by Crippen LogP contribution is -2.34. The van der Waals surface area contributed by atoms with Gasteiger partial charge < -0.3 is 5.32 Å². The zero-order valence-electron chi connectivity index (χ0n) is 10.8. The topological polar surface area (TPSA) is 52.9 Å². The summed E-state index contributed by atoms with van der Waals surface area (Å²) < 4.78 is 0. The van der Waals surface area contributed by atoms with Crippen LogP contribution in [0.15, 0.2) is 24.3 Å². The van der Waals surface area contributed by atoms with Gasteiger partial charge in [0.15, 0.2) is 0 Å². The Morgan fingerprint density at radius 1 is 1.16 bits per heavy atom. The number of benzene rings is 1. The highest BCUT2D eigenvalue weighted by atomic mass is 35.5. The summed E-state index contributed by atoms with van der Waals surface area (Å²) >= 11 is 5.81. The minimum absolute atomic E-state index is 0.181. The number of hydrogen-bond acceptors (Lipinski definition) is 2. The molecular weight excluding hydrogens is 260 g/mol. The van der Waals surface area contributed by atoms with Crippen LogP contribution in [0.3, 0.4) is 0 Å². The first-order chi connectivity index (χ1) is 9.16. The first kappa shape index (κ1) is 13.9. The van der Waals surface area contributed by atoms with E-state index in [9.17, 15) is 10.1 Å². The summed E-state index contributed by atoms with van der Waals surface area (Å²) in [6, 6.07) is 9.21. The second-order valence-electron chi connectivity index (χ2n) is 5.07. The van der Waals surface area contributed by atoms with Crippen LogP contribution < -0.4 is 5.32 Å². The molecule has 0 heterocycles. The Balaban J connectivity index is 2.12. The van der Waals surface area contributed by atoms with E-state index in [0.29, 0.717) is 23.6 Å². The van der Waals surface area contributed by atoms with Crippen molar-refractivity contribution in [3.05, 3.63) is 29.3 Å². The van der Waals surface area contributed by atoms with Crippen LogP contribution in [-0.4, -0.2) is 5.91 Å². The number of rotatable bonds is 2. The van der Waals surface area contributed by atoms with Gasteiger partial charge in [0.25, 0.3) is 0 Å². The highest BCUT2D eigenvalue weighted by Gasteiger charge is 2.38. The summed E-state index contributed by atoms with van der Waals surface area (Å²) in [5.41, 5.74) is -0.177. The maximum Gasteiger partial charge on any atom is 0.244 e. The monoisotopic (exact) mass is 276 g/mol.